The summed E-state index contributed by atoms with van der Waals surface area (Å²) in [5.41, 5.74) is 4.89. The van der Waals surface area contributed by atoms with Gasteiger partial charge in [-0.1, -0.05) is 0 Å². The monoisotopic (exact) mass is 307 g/mol. The van der Waals surface area contributed by atoms with Crippen LogP contribution in [0.4, 0.5) is 0 Å². The summed E-state index contributed by atoms with van der Waals surface area (Å²) in [5, 5.41) is 3.39. The Labute approximate surface area is 140 Å². The SMILES string of the molecule is C=C(C)CC[C@@H](NC)c1cccc(Oc2cc(C)bc(C)c2)c1. The van der Waals surface area contributed by atoms with Gasteiger partial charge in [-0.25, -0.2) is 0 Å². The Hall–Kier alpha value is -1.87. The Morgan fingerprint density at radius 3 is 2.48 bits per heavy atom. The zero-order valence-electron chi connectivity index (χ0n) is 14.6. The van der Waals surface area contributed by atoms with E-state index in [-0.39, 0.29) is 0 Å². The second-order valence-electron chi connectivity index (χ2n) is 6.34. The Kier molecular flexibility index (Phi) is 6.17. The van der Waals surface area contributed by atoms with Gasteiger partial charge in [-0.15, -0.1) is 0 Å². The molecule has 1 atom stereocenters. The Balaban J connectivity index is 2.16. The molecule has 1 aromatic carbocycles. The van der Waals surface area contributed by atoms with Crippen LogP contribution in [0.2, 0.25) is 0 Å². The molecule has 0 saturated heterocycles. The van der Waals surface area contributed by atoms with Crippen LogP contribution in [-0.4, -0.2) is 14.0 Å². The summed E-state index contributed by atoms with van der Waals surface area (Å²) in [6.45, 7) is 12.4. The molecule has 0 aliphatic carbocycles. The number of ether oxygens (including phenoxy) is 1. The van der Waals surface area contributed by atoms with Gasteiger partial charge in [0.25, 0.3) is 0 Å². The van der Waals surface area contributed by atoms with Crippen molar-refractivity contribution in [1.82, 2.24) is 5.32 Å². The van der Waals surface area contributed by atoms with Gasteiger partial charge in [0.15, 0.2) is 0 Å². The van der Waals surface area contributed by atoms with Gasteiger partial charge in [0.2, 0.25) is 0 Å². The zero-order chi connectivity index (χ0) is 16.8. The topological polar surface area (TPSA) is 21.3 Å². The van der Waals surface area contributed by atoms with Crippen LogP contribution < -0.4 is 10.1 Å². The van der Waals surface area contributed by atoms with Crippen LogP contribution in [0.3, 0.4) is 0 Å². The third kappa shape index (κ3) is 5.36. The number of nitrogens with one attached hydrogen (secondary N) is 1. The van der Waals surface area contributed by atoms with Gasteiger partial charge in [0.1, 0.15) is 0 Å². The van der Waals surface area contributed by atoms with Crippen LogP contribution >= 0.6 is 0 Å². The van der Waals surface area contributed by atoms with Crippen molar-refractivity contribution in [3.05, 3.63) is 65.0 Å². The molecule has 0 spiro atoms. The minimum atomic E-state index is 0.314. The van der Waals surface area contributed by atoms with Crippen molar-refractivity contribution in [3.63, 3.8) is 0 Å². The van der Waals surface area contributed by atoms with Gasteiger partial charge in [0, 0.05) is 0 Å². The van der Waals surface area contributed by atoms with Crippen molar-refractivity contribution < 1.29 is 4.74 Å². The summed E-state index contributed by atoms with van der Waals surface area (Å²) in [4.78, 5) is 0. The summed E-state index contributed by atoms with van der Waals surface area (Å²) in [6, 6.07) is 12.8. The summed E-state index contributed by atoms with van der Waals surface area (Å²) in [6.07, 6.45) is 2.06. The molecule has 0 aliphatic rings. The molecule has 0 unspecified atom stereocenters. The van der Waals surface area contributed by atoms with Crippen molar-refractivity contribution >= 4 is 6.91 Å². The number of aryl methyl sites for hydroxylation is 2. The van der Waals surface area contributed by atoms with Crippen LogP contribution in [0, 0.1) is 13.8 Å². The average molecular weight is 307 g/mol. The zero-order valence-corrected chi connectivity index (χ0v) is 14.6. The van der Waals surface area contributed by atoms with E-state index < -0.39 is 0 Å². The average Bonchev–Trinajstić information content (AvgIpc) is 2.47. The molecule has 0 aliphatic heterocycles. The molecule has 1 aromatic heterocycles. The summed E-state index contributed by atoms with van der Waals surface area (Å²) in [5.74, 6) is 1.77. The van der Waals surface area contributed by atoms with Crippen LogP contribution in [0.25, 0.3) is 0 Å². The van der Waals surface area contributed by atoms with Crippen molar-refractivity contribution in [2.75, 3.05) is 7.05 Å². The molecule has 23 heavy (non-hydrogen) atoms. The van der Waals surface area contributed by atoms with Gasteiger partial charge in [-0.05, 0) is 0 Å². The predicted octanol–water partition coefficient (Wildman–Crippen LogP) is 5.05. The molecule has 2 nitrogen and oxygen atoms in total. The Bertz CT molecular complexity index is 661. The first-order valence-corrected chi connectivity index (χ1v) is 8.15. The van der Waals surface area contributed by atoms with Crippen molar-refractivity contribution in [2.24, 2.45) is 0 Å². The number of hydrogen-bond donors (Lipinski definition) is 1. The third-order valence-corrected chi connectivity index (χ3v) is 3.90. The fourth-order valence-corrected chi connectivity index (χ4v) is 2.79. The molecule has 3 heteroatoms. The maximum atomic E-state index is 6.06. The van der Waals surface area contributed by atoms with E-state index in [9.17, 15) is 0 Å². The molecule has 1 N–H and O–H groups in total. The van der Waals surface area contributed by atoms with Gasteiger partial charge >= 0.3 is 140 Å². The van der Waals surface area contributed by atoms with E-state index in [0.717, 1.165) is 24.3 Å². The van der Waals surface area contributed by atoms with Gasteiger partial charge in [0.05, 0.1) is 0 Å². The standard InChI is InChI=1S/C20H26BNO/c1-14(2)9-10-20(22-5)17-7-6-8-18(13-17)23-19-11-15(3)21-16(4)12-19/h6-8,11-13,20,22H,1,9-10H2,2-5H3/t20-/m1/s1. The molecule has 2 aromatic rings. The number of benzene rings is 1. The second kappa shape index (κ2) is 8.12. The van der Waals surface area contributed by atoms with Crippen LogP contribution in [-0.2, 0) is 0 Å². The molecule has 1 heterocycles. The van der Waals surface area contributed by atoms with E-state index in [0.29, 0.717) is 6.04 Å². The van der Waals surface area contributed by atoms with Crippen LogP contribution in [0.1, 0.15) is 42.3 Å². The quantitative estimate of drug-likeness (QED) is 0.723. The molecule has 0 radical (unpaired) electrons. The van der Waals surface area contributed by atoms with Crippen molar-refractivity contribution in [2.45, 2.75) is 39.7 Å². The van der Waals surface area contributed by atoms with E-state index in [4.69, 9.17) is 4.74 Å². The fraction of sp³-hybridized carbons (Fsp3) is 0.350. The van der Waals surface area contributed by atoms with Gasteiger partial charge < -0.3 is 0 Å². The molecular formula is C20H26BNO. The number of allylic oxidation sites excluding steroid dienone is 1. The third-order valence-electron chi connectivity index (χ3n) is 3.90. The van der Waals surface area contributed by atoms with Crippen LogP contribution in [0.5, 0.6) is 11.5 Å². The summed E-state index contributed by atoms with van der Waals surface area (Å²) < 4.78 is 6.06. The first-order valence-electron chi connectivity index (χ1n) is 8.15. The molecule has 0 fully saturated rings. The van der Waals surface area contributed by atoms with E-state index >= 15 is 0 Å². The summed E-state index contributed by atoms with van der Waals surface area (Å²) >= 11 is 0. The van der Waals surface area contributed by atoms with E-state index in [2.05, 4.69) is 69.9 Å². The molecule has 0 amide bonds. The predicted molar refractivity (Wildman–Crippen MR) is 99.6 cm³/mol. The van der Waals surface area contributed by atoms with E-state index in [1.165, 1.54) is 22.1 Å². The minimum absolute atomic E-state index is 0.314. The normalized spacial score (nSPS) is 11.8. The Morgan fingerprint density at radius 2 is 1.87 bits per heavy atom. The first kappa shape index (κ1) is 17.5. The maximum absolute atomic E-state index is 6.06. The molecule has 120 valence electrons. The van der Waals surface area contributed by atoms with Gasteiger partial charge in [-0.3, -0.25) is 0 Å². The first-order chi connectivity index (χ1) is 11.0. The van der Waals surface area contributed by atoms with Crippen molar-refractivity contribution in [3.8, 4) is 11.5 Å². The second-order valence-corrected chi connectivity index (χ2v) is 6.34. The van der Waals surface area contributed by atoms with E-state index in [1.54, 1.807) is 0 Å². The summed E-state index contributed by atoms with van der Waals surface area (Å²) in [7, 11) is 2.00. The fourth-order valence-electron chi connectivity index (χ4n) is 2.79. The molecule has 2 rings (SSSR count). The molecule has 0 saturated carbocycles. The van der Waals surface area contributed by atoms with Crippen LogP contribution in [0.15, 0.2) is 48.6 Å². The molecular weight excluding hydrogens is 281 g/mol. The Morgan fingerprint density at radius 1 is 1.17 bits per heavy atom. The van der Waals surface area contributed by atoms with Crippen molar-refractivity contribution in [1.29, 1.82) is 0 Å². The number of rotatable bonds is 7. The van der Waals surface area contributed by atoms with Gasteiger partial charge in [-0.2, -0.15) is 0 Å². The van der Waals surface area contributed by atoms with E-state index in [1.807, 2.05) is 13.1 Å². The number of hydrogen-bond acceptors (Lipinski definition) is 2. The molecule has 0 bridgehead atoms.